The van der Waals surface area contributed by atoms with Crippen LogP contribution in [0.1, 0.15) is 11.1 Å². The van der Waals surface area contributed by atoms with Gasteiger partial charge in [-0.25, -0.2) is 8.42 Å². The first-order chi connectivity index (χ1) is 15.5. The van der Waals surface area contributed by atoms with Gasteiger partial charge in [-0.05, 0) is 23.8 Å². The number of sulfonamides is 1. The summed E-state index contributed by atoms with van der Waals surface area (Å²) in [5, 5.41) is 2.87. The third kappa shape index (κ3) is 4.82. The minimum Gasteiger partial charge on any atom is -0.495 e. The standard InChI is InChI=1S/C22H26N2O7S/c1-28-18-6-5-16(13-20(18)32(26,27)24-7-9-29-10-8-24)14-21(25)23-15-17-3-2-4-19-22(17)31-12-11-30-19/h2-6,13H,7-12,14-15H2,1H3,(H,23,25). The Bertz CT molecular complexity index is 1080. The van der Waals surface area contributed by atoms with E-state index >= 15 is 0 Å². The van der Waals surface area contributed by atoms with Crippen LogP contribution in [0.3, 0.4) is 0 Å². The summed E-state index contributed by atoms with van der Waals surface area (Å²) in [7, 11) is -2.34. The van der Waals surface area contributed by atoms with E-state index in [0.29, 0.717) is 43.5 Å². The number of morpholine rings is 1. The van der Waals surface area contributed by atoms with Gasteiger partial charge in [0.1, 0.15) is 23.9 Å². The summed E-state index contributed by atoms with van der Waals surface area (Å²) in [5.74, 6) is 1.31. The minimum absolute atomic E-state index is 0.0298. The normalized spacial score (nSPS) is 16.4. The lowest BCUT2D eigenvalue weighted by molar-refractivity contribution is -0.120. The Morgan fingerprint density at radius 2 is 1.88 bits per heavy atom. The van der Waals surface area contributed by atoms with Crippen molar-refractivity contribution in [3.63, 3.8) is 0 Å². The molecular formula is C22H26N2O7S. The number of benzene rings is 2. The van der Waals surface area contributed by atoms with E-state index in [1.54, 1.807) is 12.1 Å². The van der Waals surface area contributed by atoms with Crippen LogP contribution in [-0.2, 0) is 32.5 Å². The van der Waals surface area contributed by atoms with Crippen molar-refractivity contribution in [2.24, 2.45) is 0 Å². The maximum Gasteiger partial charge on any atom is 0.246 e. The van der Waals surface area contributed by atoms with E-state index in [4.69, 9.17) is 18.9 Å². The van der Waals surface area contributed by atoms with E-state index in [0.717, 1.165) is 5.56 Å². The van der Waals surface area contributed by atoms with Crippen LogP contribution in [0.4, 0.5) is 0 Å². The summed E-state index contributed by atoms with van der Waals surface area (Å²) in [6, 6.07) is 10.3. The number of ether oxygens (including phenoxy) is 4. The molecule has 0 unspecified atom stereocenters. The summed E-state index contributed by atoms with van der Waals surface area (Å²) in [6.07, 6.45) is 0.0298. The number of rotatable bonds is 7. The number of hydrogen-bond acceptors (Lipinski definition) is 7. The first-order valence-electron chi connectivity index (χ1n) is 10.4. The molecule has 9 nitrogen and oxygen atoms in total. The molecule has 2 aromatic rings. The number of methoxy groups -OCH3 is 1. The van der Waals surface area contributed by atoms with Gasteiger partial charge >= 0.3 is 0 Å². The van der Waals surface area contributed by atoms with Crippen molar-refractivity contribution in [2.75, 3.05) is 46.6 Å². The molecule has 172 valence electrons. The van der Waals surface area contributed by atoms with E-state index in [1.807, 2.05) is 18.2 Å². The molecule has 0 saturated carbocycles. The number of nitrogens with one attached hydrogen (secondary N) is 1. The Kier molecular flexibility index (Phi) is 6.83. The summed E-state index contributed by atoms with van der Waals surface area (Å²) in [4.78, 5) is 12.6. The van der Waals surface area contributed by atoms with Gasteiger partial charge in [0.2, 0.25) is 15.9 Å². The molecule has 1 N–H and O–H groups in total. The van der Waals surface area contributed by atoms with Crippen LogP contribution in [0.2, 0.25) is 0 Å². The van der Waals surface area contributed by atoms with Crippen molar-refractivity contribution in [2.45, 2.75) is 17.9 Å². The van der Waals surface area contributed by atoms with Crippen LogP contribution in [0.15, 0.2) is 41.3 Å². The molecule has 0 aromatic heterocycles. The monoisotopic (exact) mass is 462 g/mol. The van der Waals surface area contributed by atoms with Gasteiger partial charge in [0, 0.05) is 25.2 Å². The number of amides is 1. The van der Waals surface area contributed by atoms with Crippen LogP contribution in [0.25, 0.3) is 0 Å². The maximum absolute atomic E-state index is 13.1. The fourth-order valence-corrected chi connectivity index (χ4v) is 5.29. The molecule has 1 saturated heterocycles. The molecule has 1 fully saturated rings. The van der Waals surface area contributed by atoms with Crippen LogP contribution in [-0.4, -0.2) is 65.3 Å². The highest BCUT2D eigenvalue weighted by molar-refractivity contribution is 7.89. The van der Waals surface area contributed by atoms with Gasteiger partial charge in [-0.15, -0.1) is 0 Å². The van der Waals surface area contributed by atoms with Gasteiger partial charge in [0.05, 0.1) is 26.7 Å². The number of carbonyl (C=O) groups is 1. The zero-order chi connectivity index (χ0) is 22.6. The number of nitrogens with zero attached hydrogens (tertiary/aromatic N) is 1. The number of hydrogen-bond donors (Lipinski definition) is 1. The largest absolute Gasteiger partial charge is 0.495 e. The highest BCUT2D eigenvalue weighted by atomic mass is 32.2. The van der Waals surface area contributed by atoms with Crippen molar-refractivity contribution < 1.29 is 32.2 Å². The fraction of sp³-hybridized carbons (Fsp3) is 0.409. The van der Waals surface area contributed by atoms with Crippen LogP contribution < -0.4 is 19.5 Å². The maximum atomic E-state index is 13.1. The smallest absolute Gasteiger partial charge is 0.246 e. The van der Waals surface area contributed by atoms with Crippen molar-refractivity contribution in [3.05, 3.63) is 47.5 Å². The second-order valence-electron chi connectivity index (χ2n) is 7.40. The highest BCUT2D eigenvalue weighted by Crippen LogP contribution is 2.33. The van der Waals surface area contributed by atoms with Crippen molar-refractivity contribution in [3.8, 4) is 17.2 Å². The molecule has 10 heteroatoms. The Morgan fingerprint density at radius 1 is 1.09 bits per heavy atom. The lowest BCUT2D eigenvalue weighted by atomic mass is 10.1. The molecule has 32 heavy (non-hydrogen) atoms. The zero-order valence-electron chi connectivity index (χ0n) is 17.8. The first-order valence-corrected chi connectivity index (χ1v) is 11.8. The molecule has 1 amide bonds. The molecule has 2 aliphatic heterocycles. The highest BCUT2D eigenvalue weighted by Gasteiger charge is 2.29. The average Bonchev–Trinajstić information content (AvgIpc) is 2.83. The third-order valence-electron chi connectivity index (χ3n) is 5.30. The molecule has 0 aliphatic carbocycles. The third-order valence-corrected chi connectivity index (χ3v) is 7.22. The first kappa shape index (κ1) is 22.4. The molecule has 2 heterocycles. The Labute approximate surface area is 187 Å². The van der Waals surface area contributed by atoms with E-state index < -0.39 is 10.0 Å². The Hall–Kier alpha value is -2.82. The molecule has 4 rings (SSSR count). The fourth-order valence-electron chi connectivity index (χ4n) is 3.67. The Morgan fingerprint density at radius 3 is 2.66 bits per heavy atom. The molecular weight excluding hydrogens is 436 g/mol. The lowest BCUT2D eigenvalue weighted by Gasteiger charge is -2.26. The second-order valence-corrected chi connectivity index (χ2v) is 9.30. The van der Waals surface area contributed by atoms with E-state index in [2.05, 4.69) is 5.32 Å². The van der Waals surface area contributed by atoms with Crippen LogP contribution in [0.5, 0.6) is 17.2 Å². The van der Waals surface area contributed by atoms with Crippen molar-refractivity contribution in [1.82, 2.24) is 9.62 Å². The average molecular weight is 463 g/mol. The summed E-state index contributed by atoms with van der Waals surface area (Å²) in [6.45, 7) is 2.50. The topological polar surface area (TPSA) is 103 Å². The number of fused-ring (bicyclic) bond motifs is 1. The van der Waals surface area contributed by atoms with E-state index in [-0.39, 0.29) is 42.6 Å². The summed E-state index contributed by atoms with van der Waals surface area (Å²) < 4.78 is 49.4. The lowest BCUT2D eigenvalue weighted by Crippen LogP contribution is -2.40. The second kappa shape index (κ2) is 9.76. The van der Waals surface area contributed by atoms with Gasteiger partial charge < -0.3 is 24.3 Å². The summed E-state index contributed by atoms with van der Waals surface area (Å²) in [5.41, 5.74) is 1.39. The van der Waals surface area contributed by atoms with E-state index in [1.165, 1.54) is 17.5 Å². The van der Waals surface area contributed by atoms with Crippen LogP contribution >= 0.6 is 0 Å². The SMILES string of the molecule is COc1ccc(CC(=O)NCc2cccc3c2OCCO3)cc1S(=O)(=O)N1CCOCC1. The van der Waals surface area contributed by atoms with Gasteiger partial charge in [-0.2, -0.15) is 4.31 Å². The predicted octanol–water partition coefficient (Wildman–Crippen LogP) is 1.35. The predicted molar refractivity (Wildman–Crippen MR) is 116 cm³/mol. The number of carbonyl (C=O) groups excluding carboxylic acids is 1. The quantitative estimate of drug-likeness (QED) is 0.662. The zero-order valence-corrected chi connectivity index (χ0v) is 18.7. The van der Waals surface area contributed by atoms with Gasteiger partial charge in [0.25, 0.3) is 0 Å². The molecule has 0 atom stereocenters. The molecule has 0 radical (unpaired) electrons. The van der Waals surface area contributed by atoms with Crippen molar-refractivity contribution in [1.29, 1.82) is 0 Å². The molecule has 2 aliphatic rings. The van der Waals surface area contributed by atoms with Crippen molar-refractivity contribution >= 4 is 15.9 Å². The van der Waals surface area contributed by atoms with E-state index in [9.17, 15) is 13.2 Å². The Balaban J connectivity index is 1.46. The molecule has 2 aromatic carbocycles. The van der Waals surface area contributed by atoms with Gasteiger partial charge in [-0.3, -0.25) is 4.79 Å². The molecule has 0 spiro atoms. The minimum atomic E-state index is -3.76. The summed E-state index contributed by atoms with van der Waals surface area (Å²) >= 11 is 0. The molecule has 0 bridgehead atoms. The number of para-hydroxylation sites is 1. The van der Waals surface area contributed by atoms with Gasteiger partial charge in [0.15, 0.2) is 11.5 Å². The van der Waals surface area contributed by atoms with Gasteiger partial charge in [-0.1, -0.05) is 18.2 Å². The van der Waals surface area contributed by atoms with Crippen LogP contribution in [0, 0.1) is 0 Å².